The minimum atomic E-state index is -0.419. The van der Waals surface area contributed by atoms with Crippen LogP contribution in [0.25, 0.3) is 32.8 Å². The van der Waals surface area contributed by atoms with Gasteiger partial charge in [0.2, 0.25) is 0 Å². The molecule has 5 heteroatoms. The van der Waals surface area contributed by atoms with Crippen LogP contribution in [0.5, 0.6) is 0 Å². The summed E-state index contributed by atoms with van der Waals surface area (Å²) in [5.74, 6) is 2.83. The summed E-state index contributed by atoms with van der Waals surface area (Å²) in [6.45, 7) is 0. The molecule has 0 aliphatic carbocycles. The smallest absolute Gasteiger partial charge is 0.157 e. The van der Waals surface area contributed by atoms with Crippen LogP contribution in [0.4, 0.5) is 10.2 Å². The molecule has 2 aromatic heterocycles. The van der Waals surface area contributed by atoms with Gasteiger partial charge in [0, 0.05) is 52.3 Å². The van der Waals surface area contributed by atoms with E-state index in [4.69, 9.17) is 6.42 Å². The number of aromatic nitrogens is 3. The number of hydrogen-bond acceptors (Lipinski definition) is 4. The molecule has 4 rings (SSSR count). The van der Waals surface area contributed by atoms with E-state index < -0.39 is 5.82 Å². The maximum Gasteiger partial charge on any atom is 0.157 e. The minimum Gasteiger partial charge on any atom is -0.373 e. The van der Waals surface area contributed by atoms with Gasteiger partial charge in [0.15, 0.2) is 5.82 Å². The van der Waals surface area contributed by atoms with Crippen molar-refractivity contribution in [3.63, 3.8) is 0 Å². The van der Waals surface area contributed by atoms with Gasteiger partial charge in [0.1, 0.15) is 17.7 Å². The van der Waals surface area contributed by atoms with Gasteiger partial charge in [-0.05, 0) is 12.1 Å². The van der Waals surface area contributed by atoms with Gasteiger partial charge in [-0.15, -0.1) is 6.42 Å². The number of hydrogen-bond donors (Lipinski definition) is 1. The Morgan fingerprint density at radius 2 is 1.96 bits per heavy atom. The fourth-order valence-corrected chi connectivity index (χ4v) is 3.06. The highest BCUT2D eigenvalue weighted by atomic mass is 19.1. The maximum absolute atomic E-state index is 15.2. The summed E-state index contributed by atoms with van der Waals surface area (Å²) in [5.41, 5.74) is 2.02. The predicted molar refractivity (Wildman–Crippen MR) is 97.7 cm³/mol. The Bertz CT molecular complexity index is 1160. The number of nitrogens with zero attached hydrogens (tertiary/aromatic N) is 3. The van der Waals surface area contributed by atoms with Crippen LogP contribution in [-0.4, -0.2) is 22.0 Å². The zero-order valence-electron chi connectivity index (χ0n) is 13.4. The van der Waals surface area contributed by atoms with Crippen LogP contribution in [0.15, 0.2) is 49.1 Å². The summed E-state index contributed by atoms with van der Waals surface area (Å²) in [4.78, 5) is 12.5. The molecule has 0 atom stereocenters. The van der Waals surface area contributed by atoms with Crippen LogP contribution in [0.1, 0.15) is 5.56 Å². The Kier molecular flexibility index (Phi) is 3.51. The highest BCUT2D eigenvalue weighted by Gasteiger charge is 2.16. The first-order valence-electron chi connectivity index (χ1n) is 7.69. The number of halogens is 1. The Balaban J connectivity index is 2.08. The molecule has 0 saturated heterocycles. The van der Waals surface area contributed by atoms with Crippen LogP contribution < -0.4 is 5.32 Å². The van der Waals surface area contributed by atoms with Crippen LogP contribution >= 0.6 is 0 Å². The Hall–Kier alpha value is -3.52. The third kappa shape index (κ3) is 2.27. The highest BCUT2D eigenvalue weighted by molar-refractivity contribution is 6.02. The molecule has 0 bridgehead atoms. The lowest BCUT2D eigenvalue weighted by atomic mass is 9.96. The average molecular weight is 328 g/mol. The third-order valence-electron chi connectivity index (χ3n) is 4.21. The lowest BCUT2D eigenvalue weighted by Gasteiger charge is -2.11. The summed E-state index contributed by atoms with van der Waals surface area (Å²) in [5, 5.41) is 5.24. The van der Waals surface area contributed by atoms with Gasteiger partial charge in [-0.2, -0.15) is 0 Å². The molecular formula is C20H13FN4. The summed E-state index contributed by atoms with van der Waals surface area (Å²) < 4.78 is 15.2. The fourth-order valence-electron chi connectivity index (χ4n) is 3.06. The SMILES string of the molecule is C#Cc1cccc2cncc(-c3ccc4c(NC)ncnc4c3F)c12. The Morgan fingerprint density at radius 1 is 1.08 bits per heavy atom. The van der Waals surface area contributed by atoms with Gasteiger partial charge < -0.3 is 5.32 Å². The maximum atomic E-state index is 15.2. The number of anilines is 1. The molecule has 0 amide bonds. The standard InChI is InChI=1S/C20H13FN4/c1-3-12-5-4-6-13-9-23-10-16(17(12)13)14-7-8-15-19(18(14)21)24-11-25-20(15)22-2/h1,4-11H,2H3,(H,22,24,25). The van der Waals surface area contributed by atoms with Crippen molar-refractivity contribution in [2.24, 2.45) is 0 Å². The van der Waals surface area contributed by atoms with Gasteiger partial charge >= 0.3 is 0 Å². The second-order valence-electron chi connectivity index (χ2n) is 5.53. The number of nitrogens with one attached hydrogen (secondary N) is 1. The molecule has 4 aromatic rings. The minimum absolute atomic E-state index is 0.257. The zero-order chi connectivity index (χ0) is 17.4. The molecule has 0 aliphatic heterocycles. The predicted octanol–water partition coefficient (Wildman–Crippen LogP) is 4.01. The third-order valence-corrected chi connectivity index (χ3v) is 4.21. The van der Waals surface area contributed by atoms with Crippen LogP contribution in [-0.2, 0) is 0 Å². The topological polar surface area (TPSA) is 50.7 Å². The summed E-state index contributed by atoms with van der Waals surface area (Å²) in [7, 11) is 1.74. The van der Waals surface area contributed by atoms with Crippen LogP contribution in [0.2, 0.25) is 0 Å². The fraction of sp³-hybridized carbons (Fsp3) is 0.0500. The van der Waals surface area contributed by atoms with Crippen molar-refractivity contribution in [2.45, 2.75) is 0 Å². The van der Waals surface area contributed by atoms with Crippen molar-refractivity contribution in [3.8, 4) is 23.5 Å². The Labute approximate surface area is 143 Å². The second-order valence-corrected chi connectivity index (χ2v) is 5.53. The van der Waals surface area contributed by atoms with Crippen molar-refractivity contribution in [1.29, 1.82) is 0 Å². The molecular weight excluding hydrogens is 315 g/mol. The first-order chi connectivity index (χ1) is 12.2. The molecule has 4 nitrogen and oxygen atoms in total. The number of fused-ring (bicyclic) bond motifs is 2. The normalized spacial score (nSPS) is 10.8. The van der Waals surface area contributed by atoms with E-state index in [0.717, 1.165) is 10.8 Å². The first kappa shape index (κ1) is 15.0. The molecule has 25 heavy (non-hydrogen) atoms. The van der Waals surface area contributed by atoms with Gasteiger partial charge in [0.05, 0.1) is 0 Å². The van der Waals surface area contributed by atoms with E-state index in [1.807, 2.05) is 18.2 Å². The highest BCUT2D eigenvalue weighted by Crippen LogP contribution is 2.35. The van der Waals surface area contributed by atoms with E-state index in [9.17, 15) is 0 Å². The number of pyridine rings is 1. The monoisotopic (exact) mass is 328 g/mol. The molecule has 0 aliphatic rings. The van der Waals surface area contributed by atoms with Crippen molar-refractivity contribution in [1.82, 2.24) is 15.0 Å². The molecule has 0 fully saturated rings. The van der Waals surface area contributed by atoms with Crippen molar-refractivity contribution in [2.75, 3.05) is 12.4 Å². The Morgan fingerprint density at radius 3 is 2.76 bits per heavy atom. The summed E-state index contributed by atoms with van der Waals surface area (Å²) in [6.07, 6.45) is 10.3. The molecule has 120 valence electrons. The van der Waals surface area contributed by atoms with Gasteiger partial charge in [-0.25, -0.2) is 14.4 Å². The lowest BCUT2D eigenvalue weighted by Crippen LogP contribution is -1.98. The lowest BCUT2D eigenvalue weighted by molar-refractivity contribution is 0.640. The molecule has 0 saturated carbocycles. The van der Waals surface area contributed by atoms with Crippen molar-refractivity contribution in [3.05, 3.63) is 60.4 Å². The van der Waals surface area contributed by atoms with Gasteiger partial charge in [0.25, 0.3) is 0 Å². The van der Waals surface area contributed by atoms with E-state index in [2.05, 4.69) is 26.2 Å². The van der Waals surface area contributed by atoms with Crippen LogP contribution in [0, 0.1) is 18.2 Å². The number of rotatable bonds is 2. The molecule has 0 unspecified atom stereocenters. The molecule has 0 radical (unpaired) electrons. The largest absolute Gasteiger partial charge is 0.373 e. The molecule has 2 heterocycles. The number of terminal acetylenes is 1. The van der Waals surface area contributed by atoms with Gasteiger partial charge in [-0.3, -0.25) is 4.98 Å². The van der Waals surface area contributed by atoms with E-state index in [-0.39, 0.29) is 5.52 Å². The van der Waals surface area contributed by atoms with Crippen molar-refractivity contribution >= 4 is 27.5 Å². The summed E-state index contributed by atoms with van der Waals surface area (Å²) in [6, 6.07) is 9.13. The number of benzene rings is 2. The van der Waals surface area contributed by atoms with E-state index in [1.54, 1.807) is 31.6 Å². The van der Waals surface area contributed by atoms with E-state index in [1.165, 1.54) is 6.33 Å². The second kappa shape index (κ2) is 5.84. The summed E-state index contributed by atoms with van der Waals surface area (Å²) >= 11 is 0. The molecule has 0 spiro atoms. The van der Waals surface area contributed by atoms with Crippen LogP contribution in [0.3, 0.4) is 0 Å². The quantitative estimate of drug-likeness (QED) is 0.565. The van der Waals surface area contributed by atoms with Gasteiger partial charge in [-0.1, -0.05) is 24.1 Å². The average Bonchev–Trinajstić information content (AvgIpc) is 2.67. The van der Waals surface area contributed by atoms with E-state index >= 15 is 4.39 Å². The molecule has 1 N–H and O–H groups in total. The zero-order valence-corrected chi connectivity index (χ0v) is 13.4. The van der Waals surface area contributed by atoms with E-state index in [0.29, 0.717) is 27.9 Å². The van der Waals surface area contributed by atoms with Crippen molar-refractivity contribution < 1.29 is 4.39 Å². The molecule has 2 aromatic carbocycles. The first-order valence-corrected chi connectivity index (χ1v) is 7.69.